The van der Waals surface area contributed by atoms with Crippen LogP contribution >= 0.6 is 0 Å². The van der Waals surface area contributed by atoms with Crippen LogP contribution in [0.3, 0.4) is 0 Å². The van der Waals surface area contributed by atoms with Gasteiger partial charge in [-0.3, -0.25) is 9.59 Å². The summed E-state index contributed by atoms with van der Waals surface area (Å²) < 4.78 is 16.4. The first kappa shape index (κ1) is 18.9. The van der Waals surface area contributed by atoms with Crippen molar-refractivity contribution in [3.63, 3.8) is 0 Å². The number of hydrogen-bond acceptors (Lipinski definition) is 6. The van der Waals surface area contributed by atoms with E-state index in [0.717, 1.165) is 5.56 Å². The summed E-state index contributed by atoms with van der Waals surface area (Å²) in [5.41, 5.74) is -1.45. The minimum absolute atomic E-state index is 0.244. The van der Waals surface area contributed by atoms with Crippen molar-refractivity contribution in [1.82, 2.24) is 4.90 Å². The standard InChI is InChI=1S/C21H25NO6/c1-4-27-16-12-21(18(24)22-11-7-9-14(22)17(23)26-3)19(25)28-15-10-6-5-8-13(15)20(16,21)2/h5-6,8,10,14,16H,4,7,9,11-12H2,1-3H3/t14-,16?,20-,21+/m0/s1. The van der Waals surface area contributed by atoms with Gasteiger partial charge in [-0.15, -0.1) is 0 Å². The number of benzene rings is 1. The van der Waals surface area contributed by atoms with E-state index in [-0.39, 0.29) is 18.4 Å². The fraction of sp³-hybridized carbons (Fsp3) is 0.571. The van der Waals surface area contributed by atoms with E-state index in [2.05, 4.69) is 0 Å². The molecule has 28 heavy (non-hydrogen) atoms. The van der Waals surface area contributed by atoms with E-state index in [0.29, 0.717) is 31.7 Å². The van der Waals surface area contributed by atoms with Crippen LogP contribution in [-0.2, 0) is 29.3 Å². The van der Waals surface area contributed by atoms with Crippen molar-refractivity contribution in [3.05, 3.63) is 29.8 Å². The molecule has 0 bridgehead atoms. The fourth-order valence-corrected chi connectivity index (χ4v) is 5.17. The van der Waals surface area contributed by atoms with Crippen LogP contribution in [0.4, 0.5) is 0 Å². The van der Waals surface area contributed by atoms with Crippen LogP contribution < -0.4 is 4.74 Å². The average molecular weight is 387 g/mol. The second kappa shape index (κ2) is 6.58. The number of carbonyl (C=O) groups is 3. The topological polar surface area (TPSA) is 82.1 Å². The predicted octanol–water partition coefficient (Wildman–Crippen LogP) is 1.82. The van der Waals surface area contributed by atoms with Crippen molar-refractivity contribution in [3.8, 4) is 5.75 Å². The van der Waals surface area contributed by atoms with E-state index in [1.54, 1.807) is 12.1 Å². The van der Waals surface area contributed by atoms with Crippen LogP contribution in [0.2, 0.25) is 0 Å². The Bertz CT molecular complexity index is 838. The molecule has 4 atom stereocenters. The molecule has 1 aliphatic carbocycles. The fourth-order valence-electron chi connectivity index (χ4n) is 5.17. The summed E-state index contributed by atoms with van der Waals surface area (Å²) in [6.45, 7) is 4.70. The molecule has 0 radical (unpaired) electrons. The van der Waals surface area contributed by atoms with Gasteiger partial charge in [-0.05, 0) is 25.8 Å². The summed E-state index contributed by atoms with van der Waals surface area (Å²) in [7, 11) is 1.31. The Hall–Kier alpha value is -2.41. The molecule has 3 aliphatic rings. The quantitative estimate of drug-likeness (QED) is 0.445. The van der Waals surface area contributed by atoms with Gasteiger partial charge in [0.2, 0.25) is 5.91 Å². The molecule has 2 aliphatic heterocycles. The smallest absolute Gasteiger partial charge is 0.328 e. The minimum atomic E-state index is -1.39. The molecule has 0 N–H and O–H groups in total. The zero-order chi connectivity index (χ0) is 20.1. The van der Waals surface area contributed by atoms with Crippen LogP contribution in [0.1, 0.15) is 38.7 Å². The number of amides is 1. The molecule has 0 spiro atoms. The highest BCUT2D eigenvalue weighted by atomic mass is 16.5. The molecule has 7 nitrogen and oxygen atoms in total. The molecule has 1 amide bonds. The van der Waals surface area contributed by atoms with Crippen LogP contribution in [0, 0.1) is 5.41 Å². The molecular formula is C21H25NO6. The van der Waals surface area contributed by atoms with Crippen molar-refractivity contribution < 1.29 is 28.6 Å². The first-order valence-corrected chi connectivity index (χ1v) is 9.74. The third kappa shape index (κ3) is 2.22. The molecule has 7 heteroatoms. The molecule has 2 heterocycles. The number of para-hydroxylation sites is 1. The highest BCUT2D eigenvalue weighted by molar-refractivity contribution is 6.09. The number of fused-ring (bicyclic) bond motifs is 3. The van der Waals surface area contributed by atoms with Crippen LogP contribution in [0.25, 0.3) is 0 Å². The summed E-state index contributed by atoms with van der Waals surface area (Å²) in [4.78, 5) is 40.6. The lowest BCUT2D eigenvalue weighted by Gasteiger charge is -2.62. The number of hydrogen-bond donors (Lipinski definition) is 0. The Kier molecular flexibility index (Phi) is 4.45. The summed E-state index contributed by atoms with van der Waals surface area (Å²) in [5.74, 6) is -0.911. The van der Waals surface area contributed by atoms with Gasteiger partial charge in [-0.1, -0.05) is 25.1 Å². The number of ether oxygens (including phenoxy) is 3. The molecular weight excluding hydrogens is 362 g/mol. The van der Waals surface area contributed by atoms with Gasteiger partial charge in [0.25, 0.3) is 0 Å². The largest absolute Gasteiger partial charge is 0.467 e. The molecule has 1 aromatic carbocycles. The van der Waals surface area contributed by atoms with Crippen molar-refractivity contribution in [2.24, 2.45) is 5.41 Å². The van der Waals surface area contributed by atoms with Gasteiger partial charge < -0.3 is 19.1 Å². The van der Waals surface area contributed by atoms with E-state index >= 15 is 0 Å². The Labute approximate surface area is 163 Å². The molecule has 1 unspecified atom stereocenters. The third-order valence-electron chi connectivity index (χ3n) is 6.74. The number of likely N-dealkylation sites (tertiary alicyclic amines) is 1. The van der Waals surface area contributed by atoms with Crippen LogP contribution in [0.15, 0.2) is 24.3 Å². The SMILES string of the molecule is CCOC1C[C@@]2(C(=O)N3CCC[C@H]3C(=O)OC)C(=O)Oc3ccccc3[C@@]12C. The lowest BCUT2D eigenvalue weighted by molar-refractivity contribution is -0.207. The second-order valence-electron chi connectivity index (χ2n) is 7.82. The number of carbonyl (C=O) groups excluding carboxylic acids is 3. The maximum absolute atomic E-state index is 13.8. The van der Waals surface area contributed by atoms with E-state index in [1.807, 2.05) is 26.0 Å². The molecule has 1 saturated heterocycles. The van der Waals surface area contributed by atoms with E-state index < -0.39 is 28.8 Å². The van der Waals surface area contributed by atoms with E-state index in [1.165, 1.54) is 12.0 Å². The van der Waals surface area contributed by atoms with Crippen LogP contribution in [-0.4, -0.2) is 55.2 Å². The van der Waals surface area contributed by atoms with Gasteiger partial charge in [0.1, 0.15) is 11.8 Å². The molecule has 1 aromatic rings. The number of methoxy groups -OCH3 is 1. The lowest BCUT2D eigenvalue weighted by atomic mass is 9.44. The summed E-state index contributed by atoms with van der Waals surface area (Å²) in [5, 5.41) is 0. The first-order chi connectivity index (χ1) is 13.4. The summed E-state index contributed by atoms with van der Waals surface area (Å²) in [6, 6.07) is 6.63. The molecule has 150 valence electrons. The van der Waals surface area contributed by atoms with Crippen molar-refractivity contribution in [2.45, 2.75) is 50.7 Å². The number of nitrogens with zero attached hydrogens (tertiary/aromatic N) is 1. The van der Waals surface area contributed by atoms with Gasteiger partial charge in [-0.2, -0.15) is 0 Å². The van der Waals surface area contributed by atoms with Crippen molar-refractivity contribution >= 4 is 17.8 Å². The molecule has 2 fully saturated rings. The maximum Gasteiger partial charge on any atom is 0.328 e. The highest BCUT2D eigenvalue weighted by Gasteiger charge is 2.76. The zero-order valence-electron chi connectivity index (χ0n) is 16.4. The normalized spacial score (nSPS) is 33.4. The Morgan fingerprint density at radius 1 is 1.32 bits per heavy atom. The monoisotopic (exact) mass is 387 g/mol. The first-order valence-electron chi connectivity index (χ1n) is 9.74. The Morgan fingerprint density at radius 3 is 2.79 bits per heavy atom. The van der Waals surface area contributed by atoms with Gasteiger partial charge in [-0.25, -0.2) is 4.79 Å². The number of rotatable bonds is 4. The van der Waals surface area contributed by atoms with E-state index in [4.69, 9.17) is 14.2 Å². The number of esters is 2. The predicted molar refractivity (Wildman–Crippen MR) is 98.6 cm³/mol. The maximum atomic E-state index is 13.8. The lowest BCUT2D eigenvalue weighted by Crippen LogP contribution is -2.75. The molecule has 4 rings (SSSR count). The Balaban J connectivity index is 1.80. The van der Waals surface area contributed by atoms with E-state index in [9.17, 15) is 14.4 Å². The van der Waals surface area contributed by atoms with Crippen molar-refractivity contribution in [1.29, 1.82) is 0 Å². The van der Waals surface area contributed by atoms with Gasteiger partial charge in [0.05, 0.1) is 13.2 Å². The zero-order valence-corrected chi connectivity index (χ0v) is 16.4. The summed E-state index contributed by atoms with van der Waals surface area (Å²) >= 11 is 0. The Morgan fingerprint density at radius 2 is 2.07 bits per heavy atom. The molecule has 1 saturated carbocycles. The van der Waals surface area contributed by atoms with Crippen molar-refractivity contribution in [2.75, 3.05) is 20.3 Å². The van der Waals surface area contributed by atoms with Gasteiger partial charge in [0.15, 0.2) is 5.41 Å². The third-order valence-corrected chi connectivity index (χ3v) is 6.74. The van der Waals surface area contributed by atoms with Crippen LogP contribution in [0.5, 0.6) is 5.75 Å². The average Bonchev–Trinajstić information content (AvgIpc) is 3.18. The summed E-state index contributed by atoms with van der Waals surface area (Å²) in [6.07, 6.45) is 1.19. The second-order valence-corrected chi connectivity index (χ2v) is 7.82. The van der Waals surface area contributed by atoms with Gasteiger partial charge >= 0.3 is 11.9 Å². The highest BCUT2D eigenvalue weighted by Crippen LogP contribution is 2.64. The minimum Gasteiger partial charge on any atom is -0.467 e. The molecule has 0 aromatic heterocycles. The van der Waals surface area contributed by atoms with Gasteiger partial charge in [0, 0.05) is 30.6 Å².